The van der Waals surface area contributed by atoms with Crippen molar-refractivity contribution in [2.45, 2.75) is 20.8 Å². The normalized spacial score (nSPS) is 16.0. The Labute approximate surface area is 186 Å². The lowest BCUT2D eigenvalue weighted by Crippen LogP contribution is -1.99. The van der Waals surface area contributed by atoms with Crippen molar-refractivity contribution in [3.05, 3.63) is 69.1 Å². The van der Waals surface area contributed by atoms with Crippen molar-refractivity contribution in [3.8, 4) is 6.07 Å². The van der Waals surface area contributed by atoms with E-state index >= 15 is 0 Å². The van der Waals surface area contributed by atoms with E-state index in [0.29, 0.717) is 22.2 Å². The number of nitrogens with zero attached hydrogens (tertiary/aromatic N) is 6. The molecule has 4 aromatic rings. The van der Waals surface area contributed by atoms with E-state index in [1.165, 1.54) is 24.0 Å². The molecule has 0 bridgehead atoms. The maximum Gasteiger partial charge on any atom is 0.194 e. The molecule has 0 atom stereocenters. The molecule has 1 aliphatic carbocycles. The lowest BCUT2D eigenvalue weighted by atomic mass is 9.99. The molecule has 2 aromatic carbocycles. The van der Waals surface area contributed by atoms with E-state index in [4.69, 9.17) is 0 Å². The van der Waals surface area contributed by atoms with Crippen molar-refractivity contribution in [1.82, 2.24) is 25.0 Å². The molecule has 5 rings (SSSR count). The summed E-state index contributed by atoms with van der Waals surface area (Å²) < 4.78 is 27.8. The number of hydrogen-bond acceptors (Lipinski definition) is 6. The number of benzene rings is 2. The number of allylic oxidation sites excluding steroid dienone is 3. The Morgan fingerprint density at radius 3 is 2.27 bits per heavy atom. The van der Waals surface area contributed by atoms with E-state index < -0.39 is 17.4 Å². The summed E-state index contributed by atoms with van der Waals surface area (Å²) in [4.78, 5) is 23.8. The molecule has 0 aliphatic heterocycles. The first-order valence-corrected chi connectivity index (χ1v) is 10.0. The van der Waals surface area contributed by atoms with Crippen molar-refractivity contribution in [1.29, 1.82) is 5.26 Å². The number of halogens is 2. The zero-order valence-electron chi connectivity index (χ0n) is 18.2. The van der Waals surface area contributed by atoms with Crippen LogP contribution in [0.1, 0.15) is 39.7 Å². The Morgan fingerprint density at radius 2 is 1.64 bits per heavy atom. The Kier molecular flexibility index (Phi) is 4.43. The Morgan fingerprint density at radius 1 is 1.03 bits per heavy atom. The number of hydrogen-bond donors (Lipinski definition) is 0. The minimum Gasteiger partial charge on any atom is -0.289 e. The second-order valence-electron chi connectivity index (χ2n) is 7.94. The molecule has 0 radical (unpaired) electrons. The number of rotatable bonds is 1. The van der Waals surface area contributed by atoms with Gasteiger partial charge >= 0.3 is 0 Å². The van der Waals surface area contributed by atoms with Crippen molar-refractivity contribution in [2.75, 3.05) is 0 Å². The van der Waals surface area contributed by atoms with Crippen molar-refractivity contribution in [3.63, 3.8) is 0 Å². The second kappa shape index (κ2) is 7.10. The van der Waals surface area contributed by atoms with Crippen LogP contribution in [0.4, 0.5) is 8.78 Å². The fraction of sp³-hybridized carbons (Fsp3) is 0.167. The molecule has 0 unspecified atom stereocenters. The van der Waals surface area contributed by atoms with E-state index in [2.05, 4.69) is 20.2 Å². The van der Waals surface area contributed by atoms with Crippen LogP contribution in [-0.2, 0) is 7.05 Å². The molecule has 0 N–H and O–H groups in total. The molecule has 0 saturated carbocycles. The molecule has 2 aromatic heterocycles. The monoisotopic (exact) mass is 442 g/mol. The molecule has 0 spiro atoms. The predicted molar refractivity (Wildman–Crippen MR) is 118 cm³/mol. The molecule has 1 aliphatic rings. The smallest absolute Gasteiger partial charge is 0.194 e. The van der Waals surface area contributed by atoms with Crippen LogP contribution < -0.4 is 0 Å². The third-order valence-electron chi connectivity index (χ3n) is 5.85. The molecule has 9 heteroatoms. The minimum absolute atomic E-state index is 0.00629. The summed E-state index contributed by atoms with van der Waals surface area (Å²) in [6.07, 6.45) is 3.01. The number of carbonyl (C=O) groups excluding carboxylic acids is 1. The average molecular weight is 442 g/mol. The average Bonchev–Trinajstić information content (AvgIpc) is 3.30. The maximum absolute atomic E-state index is 13.9. The standard InChI is InChI=1S/C24H16F2N6O/c1-10(8-27)19-14-6-17(25)18(26)7-15(14)24(33)16(19)5-13-9-28-20-11(2)22-23(31-32(4)30-22)12(3)21(20)29-13/h5-7,9H,1-4H3/b16-5-,19-10?. The summed E-state index contributed by atoms with van der Waals surface area (Å²) in [5, 5.41) is 18.3. The van der Waals surface area contributed by atoms with Crippen LogP contribution in [0.2, 0.25) is 0 Å². The van der Waals surface area contributed by atoms with Gasteiger partial charge in [-0.05, 0) is 44.5 Å². The summed E-state index contributed by atoms with van der Waals surface area (Å²) >= 11 is 0. The summed E-state index contributed by atoms with van der Waals surface area (Å²) in [6.45, 7) is 5.29. The summed E-state index contributed by atoms with van der Waals surface area (Å²) in [7, 11) is 1.74. The number of fused-ring (bicyclic) bond motifs is 3. The molecule has 0 saturated heterocycles. The third kappa shape index (κ3) is 2.95. The number of ketones is 1. The van der Waals surface area contributed by atoms with Gasteiger partial charge in [-0.3, -0.25) is 9.78 Å². The highest BCUT2D eigenvalue weighted by atomic mass is 19.2. The van der Waals surface area contributed by atoms with E-state index in [1.807, 2.05) is 19.9 Å². The molecule has 7 nitrogen and oxygen atoms in total. The number of nitriles is 1. The largest absolute Gasteiger partial charge is 0.289 e. The van der Waals surface area contributed by atoms with Gasteiger partial charge < -0.3 is 0 Å². The molecular formula is C24H16F2N6O. The predicted octanol–water partition coefficient (Wildman–Crippen LogP) is 4.38. The van der Waals surface area contributed by atoms with Crippen LogP contribution in [0.5, 0.6) is 0 Å². The molecule has 0 amide bonds. The van der Waals surface area contributed by atoms with Gasteiger partial charge in [0.2, 0.25) is 0 Å². The van der Waals surface area contributed by atoms with Crippen LogP contribution >= 0.6 is 0 Å². The Hall–Kier alpha value is -4.32. The summed E-state index contributed by atoms with van der Waals surface area (Å²) in [5.74, 6) is -2.72. The SMILES string of the molecule is CC(C#N)=C1/C(=C/c2cnc3c(C)c4nn(C)nc4c(C)c3n2)C(=O)c2cc(F)c(F)cc21. The third-order valence-corrected chi connectivity index (χ3v) is 5.85. The zero-order chi connectivity index (χ0) is 23.6. The lowest BCUT2D eigenvalue weighted by Gasteiger charge is -2.07. The van der Waals surface area contributed by atoms with Gasteiger partial charge in [0, 0.05) is 40.5 Å². The highest BCUT2D eigenvalue weighted by Gasteiger charge is 2.33. The van der Waals surface area contributed by atoms with Crippen LogP contribution in [0.25, 0.3) is 33.7 Å². The van der Waals surface area contributed by atoms with Crippen molar-refractivity contribution >= 4 is 39.5 Å². The van der Waals surface area contributed by atoms with E-state index in [0.717, 1.165) is 28.8 Å². The maximum atomic E-state index is 13.9. The Balaban J connectivity index is 1.75. The fourth-order valence-electron chi connectivity index (χ4n) is 4.23. The molecule has 0 fully saturated rings. The molecule has 162 valence electrons. The van der Waals surface area contributed by atoms with Crippen LogP contribution in [0.3, 0.4) is 0 Å². The topological polar surface area (TPSA) is 97.3 Å². The Bertz CT molecular complexity index is 1660. The summed E-state index contributed by atoms with van der Waals surface area (Å²) in [6, 6.07) is 3.82. The van der Waals surface area contributed by atoms with Gasteiger partial charge in [0.15, 0.2) is 17.4 Å². The molecule has 33 heavy (non-hydrogen) atoms. The van der Waals surface area contributed by atoms with Gasteiger partial charge in [-0.15, -0.1) is 0 Å². The minimum atomic E-state index is -1.12. The molecular weight excluding hydrogens is 426 g/mol. The second-order valence-corrected chi connectivity index (χ2v) is 7.94. The highest BCUT2D eigenvalue weighted by Crippen LogP contribution is 2.40. The van der Waals surface area contributed by atoms with Crippen LogP contribution in [0.15, 0.2) is 29.5 Å². The van der Waals surface area contributed by atoms with Gasteiger partial charge in [-0.1, -0.05) is 0 Å². The molecule has 2 heterocycles. The summed E-state index contributed by atoms with van der Waals surface area (Å²) in [5.41, 5.74) is 5.51. The first-order chi connectivity index (χ1) is 15.7. The lowest BCUT2D eigenvalue weighted by molar-refractivity contribution is 0.104. The number of aromatic nitrogens is 5. The van der Waals surface area contributed by atoms with Gasteiger partial charge in [-0.25, -0.2) is 13.8 Å². The number of Topliss-reactive ketones (excluding diaryl/α,β-unsaturated/α-hetero) is 1. The van der Waals surface area contributed by atoms with Gasteiger partial charge in [-0.2, -0.15) is 20.3 Å². The fourth-order valence-corrected chi connectivity index (χ4v) is 4.23. The van der Waals surface area contributed by atoms with Crippen LogP contribution in [0, 0.1) is 36.8 Å². The zero-order valence-corrected chi connectivity index (χ0v) is 18.2. The quantitative estimate of drug-likeness (QED) is 0.321. The number of aryl methyl sites for hydroxylation is 3. The van der Waals surface area contributed by atoms with E-state index in [1.54, 1.807) is 7.05 Å². The van der Waals surface area contributed by atoms with Gasteiger partial charge in [0.1, 0.15) is 11.0 Å². The van der Waals surface area contributed by atoms with Gasteiger partial charge in [0.05, 0.1) is 29.0 Å². The van der Waals surface area contributed by atoms with Crippen molar-refractivity contribution < 1.29 is 13.6 Å². The first-order valence-electron chi connectivity index (χ1n) is 10.0. The van der Waals surface area contributed by atoms with Crippen LogP contribution in [-0.4, -0.2) is 30.7 Å². The van der Waals surface area contributed by atoms with Crippen molar-refractivity contribution in [2.24, 2.45) is 7.05 Å². The van der Waals surface area contributed by atoms with E-state index in [9.17, 15) is 18.8 Å². The van der Waals surface area contributed by atoms with Gasteiger partial charge in [0.25, 0.3) is 0 Å². The number of carbonyl (C=O) groups is 1. The highest BCUT2D eigenvalue weighted by molar-refractivity contribution is 6.29. The first kappa shape index (κ1) is 20.6. The van der Waals surface area contributed by atoms with E-state index in [-0.39, 0.29) is 27.8 Å².